The number of aromatic nitrogens is 2. The molecular weight excluding hydrogens is 190 g/mol. The van der Waals surface area contributed by atoms with Crippen molar-refractivity contribution in [2.24, 2.45) is 0 Å². The van der Waals surface area contributed by atoms with Gasteiger partial charge in [0.15, 0.2) is 0 Å². The summed E-state index contributed by atoms with van der Waals surface area (Å²) < 4.78 is 1.27. The third kappa shape index (κ3) is 2.28. The van der Waals surface area contributed by atoms with E-state index in [2.05, 4.69) is 5.10 Å². The summed E-state index contributed by atoms with van der Waals surface area (Å²) in [6, 6.07) is 0.847. The van der Waals surface area contributed by atoms with Crippen molar-refractivity contribution in [1.82, 2.24) is 9.78 Å². The average Bonchev–Trinajstić information content (AvgIpc) is 2.50. The minimum absolute atomic E-state index is 0.112. The van der Waals surface area contributed by atoms with Crippen molar-refractivity contribution in [1.29, 1.82) is 0 Å². The van der Waals surface area contributed by atoms with Gasteiger partial charge in [0.1, 0.15) is 0 Å². The molecule has 1 heterocycles. The first-order valence-corrected chi connectivity index (χ1v) is 3.92. The summed E-state index contributed by atoms with van der Waals surface area (Å²) in [6.07, 6.45) is 1.28. The van der Waals surface area contributed by atoms with Gasteiger partial charge in [0, 0.05) is 0 Å². The van der Waals surface area contributed by atoms with Gasteiger partial charge in [0.05, 0.1) is 29.8 Å². The van der Waals surface area contributed by atoms with E-state index >= 15 is 0 Å². The zero-order valence-electron chi connectivity index (χ0n) is 7.45. The van der Waals surface area contributed by atoms with Crippen LogP contribution in [0.4, 0.5) is 5.82 Å². The van der Waals surface area contributed by atoms with Gasteiger partial charge in [0.25, 0.3) is 0 Å². The van der Waals surface area contributed by atoms with Crippen LogP contribution < -0.4 is 0 Å². The van der Waals surface area contributed by atoms with E-state index in [1.807, 2.05) is 0 Å². The molecule has 0 saturated carbocycles. The number of carboxylic acid groups (broad SMARTS) is 1. The van der Waals surface area contributed by atoms with Crippen molar-refractivity contribution in [3.05, 3.63) is 22.4 Å². The summed E-state index contributed by atoms with van der Waals surface area (Å²) >= 11 is 0. The highest BCUT2D eigenvalue weighted by atomic mass is 16.6. The van der Waals surface area contributed by atoms with Crippen molar-refractivity contribution in [3.8, 4) is 0 Å². The Kier molecular flexibility index (Phi) is 2.80. The van der Waals surface area contributed by atoms with E-state index in [0.717, 1.165) is 0 Å². The lowest BCUT2D eigenvalue weighted by Gasteiger charge is -2.03. The van der Waals surface area contributed by atoms with Crippen molar-refractivity contribution < 1.29 is 14.8 Å². The highest BCUT2D eigenvalue weighted by molar-refractivity contribution is 5.67. The van der Waals surface area contributed by atoms with Crippen molar-refractivity contribution >= 4 is 11.8 Å². The van der Waals surface area contributed by atoms with Gasteiger partial charge < -0.3 is 15.2 Å². The first-order valence-electron chi connectivity index (χ1n) is 3.92. The summed E-state index contributed by atoms with van der Waals surface area (Å²) in [6.45, 7) is 1.63. The standard InChI is InChI=1S/C7H9N3O4/c1-5(4-7(11)12)9-3-2-6(8-9)10(13)14/h2-3,5H,4H2,1H3,(H,11,12)/t5-/m0/s1. The summed E-state index contributed by atoms with van der Waals surface area (Å²) in [5.74, 6) is -1.24. The van der Waals surface area contributed by atoms with Crippen LogP contribution in [-0.4, -0.2) is 25.8 Å². The lowest BCUT2D eigenvalue weighted by molar-refractivity contribution is -0.389. The maximum absolute atomic E-state index is 10.3. The Hall–Kier alpha value is -1.92. The molecule has 0 aromatic carbocycles. The van der Waals surface area contributed by atoms with Crippen LogP contribution in [0.15, 0.2) is 12.3 Å². The first-order chi connectivity index (χ1) is 6.50. The van der Waals surface area contributed by atoms with Crippen LogP contribution in [0, 0.1) is 10.1 Å². The molecule has 7 nitrogen and oxygen atoms in total. The molecule has 0 aliphatic carbocycles. The second-order valence-corrected chi connectivity index (χ2v) is 2.86. The monoisotopic (exact) mass is 199 g/mol. The van der Waals surface area contributed by atoms with Gasteiger partial charge in [-0.05, 0) is 11.8 Å². The number of hydrogen-bond donors (Lipinski definition) is 1. The Morgan fingerprint density at radius 3 is 2.93 bits per heavy atom. The lowest BCUT2D eigenvalue weighted by Crippen LogP contribution is -2.11. The second kappa shape index (κ2) is 3.86. The quantitative estimate of drug-likeness (QED) is 0.571. The molecule has 7 heteroatoms. The van der Waals surface area contributed by atoms with E-state index in [1.54, 1.807) is 6.92 Å². The number of hydrogen-bond acceptors (Lipinski definition) is 4. The molecule has 14 heavy (non-hydrogen) atoms. The third-order valence-electron chi connectivity index (χ3n) is 1.70. The number of nitro groups is 1. The second-order valence-electron chi connectivity index (χ2n) is 2.86. The summed E-state index contributed by atoms with van der Waals surface area (Å²) in [5.41, 5.74) is 0. The van der Waals surface area contributed by atoms with Gasteiger partial charge in [0.2, 0.25) is 0 Å². The van der Waals surface area contributed by atoms with Crippen LogP contribution in [0.25, 0.3) is 0 Å². The van der Waals surface area contributed by atoms with E-state index in [-0.39, 0.29) is 18.3 Å². The Labute approximate surface area is 79.1 Å². The highest BCUT2D eigenvalue weighted by Gasteiger charge is 2.17. The summed E-state index contributed by atoms with van der Waals surface area (Å²) in [5, 5.41) is 22.4. The van der Waals surface area contributed by atoms with Crippen LogP contribution in [-0.2, 0) is 4.79 Å². The molecule has 0 fully saturated rings. The molecule has 0 bridgehead atoms. The topological polar surface area (TPSA) is 98.3 Å². The van der Waals surface area contributed by atoms with Gasteiger partial charge in [-0.25, -0.2) is 0 Å². The Balaban J connectivity index is 2.76. The number of nitrogens with zero attached hydrogens (tertiary/aromatic N) is 3. The number of rotatable bonds is 4. The maximum atomic E-state index is 10.3. The smallest absolute Gasteiger partial charge is 0.389 e. The largest absolute Gasteiger partial charge is 0.481 e. The summed E-state index contributed by atoms with van der Waals surface area (Å²) in [4.78, 5) is 20.0. The van der Waals surface area contributed by atoms with Crippen LogP contribution in [0.1, 0.15) is 19.4 Å². The molecule has 76 valence electrons. The van der Waals surface area contributed by atoms with E-state index in [1.165, 1.54) is 16.9 Å². The molecule has 0 aliphatic rings. The van der Waals surface area contributed by atoms with Crippen LogP contribution in [0.3, 0.4) is 0 Å². The van der Waals surface area contributed by atoms with Crippen molar-refractivity contribution in [2.45, 2.75) is 19.4 Å². The van der Waals surface area contributed by atoms with Crippen LogP contribution >= 0.6 is 0 Å². The predicted octanol–water partition coefficient (Wildman–Crippen LogP) is 0.827. The lowest BCUT2D eigenvalue weighted by atomic mass is 10.2. The van der Waals surface area contributed by atoms with Crippen molar-refractivity contribution in [2.75, 3.05) is 0 Å². The molecule has 1 aromatic heterocycles. The Morgan fingerprint density at radius 2 is 2.50 bits per heavy atom. The van der Waals surface area contributed by atoms with E-state index in [0.29, 0.717) is 0 Å². The van der Waals surface area contributed by atoms with Crippen molar-refractivity contribution in [3.63, 3.8) is 0 Å². The Morgan fingerprint density at radius 1 is 1.86 bits per heavy atom. The molecule has 0 amide bonds. The van der Waals surface area contributed by atoms with Gasteiger partial charge in [-0.2, -0.15) is 4.68 Å². The molecule has 0 radical (unpaired) electrons. The normalized spacial score (nSPS) is 12.4. The molecule has 0 spiro atoms. The third-order valence-corrected chi connectivity index (χ3v) is 1.70. The van der Waals surface area contributed by atoms with E-state index < -0.39 is 10.9 Å². The van der Waals surface area contributed by atoms with Crippen LogP contribution in [0.5, 0.6) is 0 Å². The highest BCUT2D eigenvalue weighted by Crippen LogP contribution is 2.13. The van der Waals surface area contributed by atoms with Gasteiger partial charge in [-0.3, -0.25) is 4.79 Å². The molecule has 0 unspecified atom stereocenters. The molecule has 1 N–H and O–H groups in total. The molecule has 1 aromatic rings. The van der Waals surface area contributed by atoms with E-state index in [9.17, 15) is 14.9 Å². The first kappa shape index (κ1) is 10.2. The minimum Gasteiger partial charge on any atom is -0.481 e. The average molecular weight is 199 g/mol. The molecule has 0 aliphatic heterocycles. The fourth-order valence-corrected chi connectivity index (χ4v) is 1.02. The SMILES string of the molecule is C[C@@H](CC(=O)O)n1ccc([N+](=O)[O-])n1. The number of aliphatic carboxylic acids is 1. The number of carbonyl (C=O) groups is 1. The molecule has 1 atom stereocenters. The van der Waals surface area contributed by atoms with Crippen LogP contribution in [0.2, 0.25) is 0 Å². The Bertz CT molecular complexity index is 360. The maximum Gasteiger partial charge on any atom is 0.389 e. The molecular formula is C7H9N3O4. The predicted molar refractivity (Wildman–Crippen MR) is 45.8 cm³/mol. The fraction of sp³-hybridized carbons (Fsp3) is 0.429. The van der Waals surface area contributed by atoms with Gasteiger partial charge in [-0.1, -0.05) is 0 Å². The molecule has 0 saturated heterocycles. The minimum atomic E-state index is -0.962. The van der Waals surface area contributed by atoms with Gasteiger partial charge >= 0.3 is 11.8 Å². The van der Waals surface area contributed by atoms with Gasteiger partial charge in [-0.15, -0.1) is 0 Å². The van der Waals surface area contributed by atoms with E-state index in [4.69, 9.17) is 5.11 Å². The fourth-order valence-electron chi connectivity index (χ4n) is 1.02. The summed E-state index contributed by atoms with van der Waals surface area (Å²) in [7, 11) is 0. The zero-order valence-corrected chi connectivity index (χ0v) is 7.45. The molecule has 1 rings (SSSR count). The number of carboxylic acids is 1. The zero-order chi connectivity index (χ0) is 10.7.